The molecule has 0 atom stereocenters. The monoisotopic (exact) mass is 293 g/mol. The molecule has 3 rings (SSSR count). The van der Waals surface area contributed by atoms with E-state index < -0.39 is 0 Å². The van der Waals surface area contributed by atoms with Crippen molar-refractivity contribution in [2.24, 2.45) is 0 Å². The van der Waals surface area contributed by atoms with Gasteiger partial charge in [0, 0.05) is 17.4 Å². The van der Waals surface area contributed by atoms with E-state index in [1.165, 1.54) is 5.56 Å². The Morgan fingerprint density at radius 3 is 2.32 bits per heavy atom. The molecule has 0 aliphatic heterocycles. The molecule has 0 unspecified atom stereocenters. The fourth-order valence-corrected chi connectivity index (χ4v) is 2.79. The van der Waals surface area contributed by atoms with Crippen LogP contribution in [0, 0.1) is 6.92 Å². The molecule has 1 N–H and O–H groups in total. The number of pyridine rings is 1. The summed E-state index contributed by atoms with van der Waals surface area (Å²) in [6.07, 6.45) is 1.53. The van der Waals surface area contributed by atoms with Crippen LogP contribution in [0.1, 0.15) is 29.3 Å². The number of benzene rings is 2. The summed E-state index contributed by atoms with van der Waals surface area (Å²) in [4.78, 5) is 12.7. The zero-order valence-corrected chi connectivity index (χ0v) is 12.8. The Balaban J connectivity index is 2.12. The first kappa shape index (κ1) is 14.4. The molecule has 2 aromatic carbocycles. The van der Waals surface area contributed by atoms with Crippen molar-refractivity contribution in [2.45, 2.75) is 26.7 Å². The van der Waals surface area contributed by atoms with Crippen molar-refractivity contribution in [1.29, 1.82) is 0 Å². The summed E-state index contributed by atoms with van der Waals surface area (Å²) in [6, 6.07) is 15.4. The van der Waals surface area contributed by atoms with Gasteiger partial charge in [-0.3, -0.25) is 4.79 Å². The van der Waals surface area contributed by atoms with E-state index in [0.717, 1.165) is 16.7 Å². The molecule has 0 bridgehead atoms. The minimum Gasteiger partial charge on any atom is -0.428 e. The number of aromatic nitrogens is 1. The molecule has 3 heteroatoms. The number of rotatable bonds is 3. The molecule has 0 spiro atoms. The van der Waals surface area contributed by atoms with Crippen molar-refractivity contribution >= 4 is 10.9 Å². The van der Waals surface area contributed by atoms with Crippen molar-refractivity contribution in [2.75, 3.05) is 0 Å². The van der Waals surface area contributed by atoms with Gasteiger partial charge in [0.25, 0.3) is 0 Å². The van der Waals surface area contributed by atoms with Crippen LogP contribution in [-0.2, 0) is 12.8 Å². The van der Waals surface area contributed by atoms with Crippen LogP contribution in [0.4, 0.5) is 0 Å². The fraction of sp³-hybridized carbons (Fsp3) is 0.211. The van der Waals surface area contributed by atoms with E-state index in [1.54, 1.807) is 19.1 Å². The van der Waals surface area contributed by atoms with E-state index in [1.807, 2.05) is 12.1 Å². The van der Waals surface area contributed by atoms with Gasteiger partial charge in [0.1, 0.15) is 0 Å². The quantitative estimate of drug-likeness (QED) is 0.748. The third-order valence-corrected chi connectivity index (χ3v) is 4.22. The van der Waals surface area contributed by atoms with Crippen molar-refractivity contribution in [3.8, 4) is 0 Å². The van der Waals surface area contributed by atoms with Gasteiger partial charge in [-0.25, -0.2) is 0 Å². The molecule has 1 heterocycles. The number of nitrogens with zero attached hydrogens (tertiary/aromatic N) is 1. The Morgan fingerprint density at radius 1 is 1.00 bits per heavy atom. The van der Waals surface area contributed by atoms with E-state index >= 15 is 0 Å². The summed E-state index contributed by atoms with van der Waals surface area (Å²) in [5.41, 5.74) is 4.15. The summed E-state index contributed by atoms with van der Waals surface area (Å²) < 4.78 is 1.12. The molecule has 0 saturated carbocycles. The minimum atomic E-state index is -0.00188. The SMILES string of the molecule is CCc1ccc(Cc2c(C)n(O)c3ccccc3c2=O)cc1. The average Bonchev–Trinajstić information content (AvgIpc) is 2.57. The number of fused-ring (bicyclic) bond motifs is 1. The highest BCUT2D eigenvalue weighted by Crippen LogP contribution is 2.17. The maximum Gasteiger partial charge on any atom is 0.193 e. The van der Waals surface area contributed by atoms with E-state index in [4.69, 9.17) is 0 Å². The molecule has 0 fully saturated rings. The predicted molar refractivity (Wildman–Crippen MR) is 88.8 cm³/mol. The number of para-hydroxylation sites is 1. The highest BCUT2D eigenvalue weighted by atomic mass is 16.5. The zero-order valence-electron chi connectivity index (χ0n) is 12.8. The molecule has 3 aromatic rings. The first-order valence-corrected chi connectivity index (χ1v) is 7.52. The zero-order chi connectivity index (χ0) is 15.7. The molecular formula is C19H19NO2. The summed E-state index contributed by atoms with van der Waals surface area (Å²) in [6.45, 7) is 3.90. The maximum absolute atomic E-state index is 12.7. The van der Waals surface area contributed by atoms with E-state index in [2.05, 4.69) is 31.2 Å². The first-order valence-electron chi connectivity index (χ1n) is 7.52. The van der Waals surface area contributed by atoms with Gasteiger partial charge < -0.3 is 5.21 Å². The molecular weight excluding hydrogens is 274 g/mol. The van der Waals surface area contributed by atoms with E-state index in [0.29, 0.717) is 28.6 Å². The van der Waals surface area contributed by atoms with Gasteiger partial charge in [-0.1, -0.05) is 43.3 Å². The maximum atomic E-state index is 12.7. The molecule has 0 radical (unpaired) electrons. The molecule has 0 saturated heterocycles. The van der Waals surface area contributed by atoms with Crippen LogP contribution in [0.5, 0.6) is 0 Å². The minimum absolute atomic E-state index is 0.00188. The molecule has 0 aliphatic carbocycles. The molecule has 0 amide bonds. The highest BCUT2D eigenvalue weighted by Gasteiger charge is 2.13. The van der Waals surface area contributed by atoms with Gasteiger partial charge >= 0.3 is 0 Å². The third-order valence-electron chi connectivity index (χ3n) is 4.22. The van der Waals surface area contributed by atoms with Crippen LogP contribution in [0.2, 0.25) is 0 Å². The van der Waals surface area contributed by atoms with Crippen LogP contribution in [0.25, 0.3) is 10.9 Å². The Bertz CT molecular complexity index is 876. The van der Waals surface area contributed by atoms with Crippen molar-refractivity contribution in [3.63, 3.8) is 0 Å². The van der Waals surface area contributed by atoms with Gasteiger partial charge in [-0.05, 0) is 36.6 Å². The Kier molecular flexibility index (Phi) is 3.72. The number of hydrogen-bond acceptors (Lipinski definition) is 2. The number of aryl methyl sites for hydroxylation is 1. The summed E-state index contributed by atoms with van der Waals surface area (Å²) >= 11 is 0. The average molecular weight is 293 g/mol. The standard InChI is InChI=1S/C19H19NO2/c1-3-14-8-10-15(11-9-14)12-17-13(2)20(22)18-7-5-4-6-16(18)19(17)21/h4-11,22H,3,12H2,1-2H3. The lowest BCUT2D eigenvalue weighted by atomic mass is 10.00. The smallest absolute Gasteiger partial charge is 0.193 e. The highest BCUT2D eigenvalue weighted by molar-refractivity contribution is 5.79. The second kappa shape index (κ2) is 5.68. The lowest BCUT2D eigenvalue weighted by Crippen LogP contribution is -2.18. The van der Waals surface area contributed by atoms with Gasteiger partial charge in [0.05, 0.1) is 11.2 Å². The largest absolute Gasteiger partial charge is 0.428 e. The molecule has 112 valence electrons. The van der Waals surface area contributed by atoms with Gasteiger partial charge in [-0.15, -0.1) is 0 Å². The molecule has 3 nitrogen and oxygen atoms in total. The van der Waals surface area contributed by atoms with Crippen molar-refractivity contribution in [1.82, 2.24) is 4.73 Å². The molecule has 0 aliphatic rings. The normalized spacial score (nSPS) is 11.0. The number of hydrogen-bond donors (Lipinski definition) is 1. The fourth-order valence-electron chi connectivity index (χ4n) is 2.79. The second-order valence-corrected chi connectivity index (χ2v) is 5.57. The van der Waals surface area contributed by atoms with Crippen LogP contribution >= 0.6 is 0 Å². The Hall–Kier alpha value is -2.55. The van der Waals surface area contributed by atoms with E-state index in [9.17, 15) is 10.0 Å². The van der Waals surface area contributed by atoms with Crippen LogP contribution in [0.15, 0.2) is 53.3 Å². The van der Waals surface area contributed by atoms with Crippen LogP contribution < -0.4 is 5.43 Å². The lowest BCUT2D eigenvalue weighted by Gasteiger charge is -2.13. The Morgan fingerprint density at radius 2 is 1.64 bits per heavy atom. The van der Waals surface area contributed by atoms with E-state index in [-0.39, 0.29) is 5.43 Å². The second-order valence-electron chi connectivity index (χ2n) is 5.57. The van der Waals surface area contributed by atoms with Crippen LogP contribution in [0.3, 0.4) is 0 Å². The summed E-state index contributed by atoms with van der Waals surface area (Å²) in [7, 11) is 0. The van der Waals surface area contributed by atoms with Crippen LogP contribution in [-0.4, -0.2) is 9.94 Å². The first-order chi connectivity index (χ1) is 10.6. The Labute approximate surface area is 129 Å². The third kappa shape index (κ3) is 2.39. The molecule has 22 heavy (non-hydrogen) atoms. The predicted octanol–water partition coefficient (Wildman–Crippen LogP) is 3.70. The topological polar surface area (TPSA) is 42.2 Å². The summed E-state index contributed by atoms with van der Waals surface area (Å²) in [5.74, 6) is 0. The molecule has 1 aromatic heterocycles. The lowest BCUT2D eigenvalue weighted by molar-refractivity contribution is 0.190. The van der Waals surface area contributed by atoms with Gasteiger partial charge in [-0.2, -0.15) is 4.73 Å². The van der Waals surface area contributed by atoms with Gasteiger partial charge in [0.15, 0.2) is 5.43 Å². The van der Waals surface area contributed by atoms with Gasteiger partial charge in [0.2, 0.25) is 0 Å². The van der Waals surface area contributed by atoms with Crippen molar-refractivity contribution < 1.29 is 5.21 Å². The van der Waals surface area contributed by atoms with Crippen molar-refractivity contribution in [3.05, 3.63) is 81.1 Å². The summed E-state index contributed by atoms with van der Waals surface area (Å²) in [5, 5.41) is 10.9.